The number of hydrogen-bond acceptors (Lipinski definition) is 3. The zero-order chi connectivity index (χ0) is 13.8. The molecule has 0 fully saturated rings. The molecule has 0 aliphatic heterocycles. The molecular formula is C15H15NO3. The van der Waals surface area contributed by atoms with Gasteiger partial charge >= 0.3 is 5.97 Å². The first-order valence-electron chi connectivity index (χ1n) is 6.09. The Kier molecular flexibility index (Phi) is 3.80. The maximum atomic E-state index is 11.9. The molecule has 0 bridgehead atoms. The Morgan fingerprint density at radius 2 is 2.00 bits per heavy atom. The minimum atomic E-state index is -0.472. The van der Waals surface area contributed by atoms with Crippen molar-refractivity contribution in [2.75, 3.05) is 6.61 Å². The molecule has 0 radical (unpaired) electrons. The summed E-state index contributed by atoms with van der Waals surface area (Å²) in [6.45, 7) is 3.77. The van der Waals surface area contributed by atoms with E-state index < -0.39 is 5.97 Å². The van der Waals surface area contributed by atoms with Gasteiger partial charge in [0, 0.05) is 5.69 Å². The number of hydrogen-bond donors (Lipinski definition) is 1. The number of ether oxygens (including phenoxy) is 1. The molecule has 0 spiro atoms. The van der Waals surface area contributed by atoms with Crippen molar-refractivity contribution in [1.82, 2.24) is 4.98 Å². The molecule has 1 N–H and O–H groups in total. The highest BCUT2D eigenvalue weighted by Gasteiger charge is 2.22. The molecule has 4 heteroatoms. The highest BCUT2D eigenvalue weighted by atomic mass is 16.5. The van der Waals surface area contributed by atoms with E-state index in [1.165, 1.54) is 0 Å². The van der Waals surface area contributed by atoms with Crippen LogP contribution in [-0.2, 0) is 4.74 Å². The molecule has 2 aromatic rings. The van der Waals surface area contributed by atoms with Gasteiger partial charge in [-0.1, -0.05) is 30.3 Å². The van der Waals surface area contributed by atoms with E-state index in [1.807, 2.05) is 30.3 Å². The first-order valence-corrected chi connectivity index (χ1v) is 6.09. The highest BCUT2D eigenvalue weighted by Crippen LogP contribution is 2.27. The van der Waals surface area contributed by atoms with Gasteiger partial charge in [-0.3, -0.25) is 4.79 Å². The van der Waals surface area contributed by atoms with Gasteiger partial charge in [0.2, 0.25) is 0 Å². The van der Waals surface area contributed by atoms with Gasteiger partial charge < -0.3 is 9.72 Å². The minimum absolute atomic E-state index is 0.280. The zero-order valence-electron chi connectivity index (χ0n) is 10.9. The molecule has 0 saturated carbocycles. The Balaban J connectivity index is 2.56. The van der Waals surface area contributed by atoms with Crippen molar-refractivity contribution in [3.8, 4) is 11.3 Å². The number of H-pyrrole nitrogens is 1. The van der Waals surface area contributed by atoms with Gasteiger partial charge in [0.1, 0.15) is 0 Å². The summed E-state index contributed by atoms with van der Waals surface area (Å²) in [5.41, 5.74) is 2.82. The number of nitrogens with one attached hydrogen (secondary N) is 1. The molecule has 0 saturated heterocycles. The Morgan fingerprint density at radius 3 is 2.58 bits per heavy atom. The summed E-state index contributed by atoms with van der Waals surface area (Å²) in [6, 6.07) is 9.42. The van der Waals surface area contributed by atoms with Crippen LogP contribution in [0.2, 0.25) is 0 Å². The largest absolute Gasteiger partial charge is 0.462 e. The number of aldehydes is 1. The fourth-order valence-corrected chi connectivity index (χ4v) is 2.06. The van der Waals surface area contributed by atoms with Crippen LogP contribution < -0.4 is 0 Å². The van der Waals surface area contributed by atoms with Crippen LogP contribution in [0.4, 0.5) is 0 Å². The summed E-state index contributed by atoms with van der Waals surface area (Å²) in [6.07, 6.45) is 0.693. The van der Waals surface area contributed by atoms with Crippen LogP contribution in [0.3, 0.4) is 0 Å². The summed E-state index contributed by atoms with van der Waals surface area (Å²) < 4.78 is 4.98. The van der Waals surface area contributed by atoms with E-state index in [0.29, 0.717) is 28.8 Å². The second-order valence-electron chi connectivity index (χ2n) is 4.12. The van der Waals surface area contributed by atoms with Gasteiger partial charge in [0.25, 0.3) is 0 Å². The number of carbonyl (C=O) groups excluding carboxylic acids is 2. The van der Waals surface area contributed by atoms with Crippen LogP contribution in [-0.4, -0.2) is 23.8 Å². The highest BCUT2D eigenvalue weighted by molar-refractivity contribution is 6.03. The smallest absolute Gasteiger partial charge is 0.340 e. The van der Waals surface area contributed by atoms with Crippen molar-refractivity contribution >= 4 is 12.3 Å². The van der Waals surface area contributed by atoms with E-state index in [2.05, 4.69) is 4.98 Å². The zero-order valence-corrected chi connectivity index (χ0v) is 10.9. The maximum absolute atomic E-state index is 11.9. The number of esters is 1. The van der Waals surface area contributed by atoms with Crippen molar-refractivity contribution in [2.45, 2.75) is 13.8 Å². The third kappa shape index (κ3) is 2.42. The molecule has 4 nitrogen and oxygen atoms in total. The molecule has 0 amide bonds. The lowest BCUT2D eigenvalue weighted by atomic mass is 10.1. The lowest BCUT2D eigenvalue weighted by Gasteiger charge is -2.02. The molecule has 0 aliphatic rings. The quantitative estimate of drug-likeness (QED) is 0.676. The first kappa shape index (κ1) is 13.1. The van der Waals surface area contributed by atoms with Crippen molar-refractivity contribution in [1.29, 1.82) is 0 Å². The Bertz CT molecular complexity index is 599. The molecule has 1 aromatic carbocycles. The van der Waals surface area contributed by atoms with Gasteiger partial charge in [-0.05, 0) is 19.4 Å². The summed E-state index contributed by atoms with van der Waals surface area (Å²) in [7, 11) is 0. The number of aromatic nitrogens is 1. The number of aryl methyl sites for hydroxylation is 1. The van der Waals surface area contributed by atoms with Gasteiger partial charge in [0.05, 0.1) is 23.4 Å². The third-order valence-corrected chi connectivity index (χ3v) is 2.89. The van der Waals surface area contributed by atoms with Crippen LogP contribution in [0.15, 0.2) is 30.3 Å². The summed E-state index contributed by atoms with van der Waals surface area (Å²) in [5.74, 6) is -0.472. The average Bonchev–Trinajstić information content (AvgIpc) is 2.76. The van der Waals surface area contributed by atoms with E-state index in [4.69, 9.17) is 4.74 Å². The van der Waals surface area contributed by atoms with E-state index in [-0.39, 0.29) is 6.61 Å². The topological polar surface area (TPSA) is 59.2 Å². The molecular weight excluding hydrogens is 242 g/mol. The normalized spacial score (nSPS) is 10.2. The number of rotatable bonds is 4. The van der Waals surface area contributed by atoms with Crippen molar-refractivity contribution in [3.63, 3.8) is 0 Å². The number of carbonyl (C=O) groups is 2. The van der Waals surface area contributed by atoms with Crippen LogP contribution in [0.5, 0.6) is 0 Å². The lowest BCUT2D eigenvalue weighted by Crippen LogP contribution is -2.07. The third-order valence-electron chi connectivity index (χ3n) is 2.89. The van der Waals surface area contributed by atoms with Crippen molar-refractivity contribution < 1.29 is 14.3 Å². The Hall–Kier alpha value is -2.36. The molecule has 1 heterocycles. The predicted molar refractivity (Wildman–Crippen MR) is 72.3 cm³/mol. The molecule has 0 unspecified atom stereocenters. The van der Waals surface area contributed by atoms with Crippen LogP contribution in [0, 0.1) is 6.92 Å². The molecule has 0 aliphatic carbocycles. The monoisotopic (exact) mass is 257 g/mol. The van der Waals surface area contributed by atoms with Gasteiger partial charge in [0.15, 0.2) is 6.29 Å². The molecule has 2 rings (SSSR count). The fraction of sp³-hybridized carbons (Fsp3) is 0.200. The van der Waals surface area contributed by atoms with Crippen LogP contribution in [0.25, 0.3) is 11.3 Å². The van der Waals surface area contributed by atoms with Crippen molar-refractivity contribution in [3.05, 3.63) is 47.2 Å². The number of benzene rings is 1. The molecule has 1 aromatic heterocycles. The predicted octanol–water partition coefficient (Wildman–Crippen LogP) is 2.98. The fourth-order valence-electron chi connectivity index (χ4n) is 2.06. The van der Waals surface area contributed by atoms with E-state index in [9.17, 15) is 9.59 Å². The molecule has 19 heavy (non-hydrogen) atoms. The summed E-state index contributed by atoms with van der Waals surface area (Å²) in [5, 5.41) is 0. The Labute approximate surface area is 111 Å². The standard InChI is InChI=1S/C15H15NO3/c1-3-19-15(18)13-10(2)16-14(12(13)9-17)11-7-5-4-6-8-11/h4-9,16H,3H2,1-2H3. The summed E-state index contributed by atoms with van der Waals surface area (Å²) >= 11 is 0. The van der Waals surface area contributed by atoms with E-state index in [1.54, 1.807) is 13.8 Å². The van der Waals surface area contributed by atoms with Gasteiger partial charge in [-0.2, -0.15) is 0 Å². The first-order chi connectivity index (χ1) is 9.19. The second-order valence-corrected chi connectivity index (χ2v) is 4.12. The maximum Gasteiger partial charge on any atom is 0.340 e. The van der Waals surface area contributed by atoms with Gasteiger partial charge in [-0.15, -0.1) is 0 Å². The molecule has 98 valence electrons. The molecule has 0 atom stereocenters. The van der Waals surface area contributed by atoms with Crippen LogP contribution >= 0.6 is 0 Å². The summed E-state index contributed by atoms with van der Waals surface area (Å²) in [4.78, 5) is 26.3. The van der Waals surface area contributed by atoms with Crippen LogP contribution in [0.1, 0.15) is 33.3 Å². The average molecular weight is 257 g/mol. The Morgan fingerprint density at radius 1 is 1.32 bits per heavy atom. The van der Waals surface area contributed by atoms with E-state index in [0.717, 1.165) is 5.56 Å². The number of aromatic amines is 1. The second kappa shape index (κ2) is 5.52. The van der Waals surface area contributed by atoms with Gasteiger partial charge in [-0.25, -0.2) is 4.79 Å². The lowest BCUT2D eigenvalue weighted by molar-refractivity contribution is 0.0523. The van der Waals surface area contributed by atoms with Crippen molar-refractivity contribution in [2.24, 2.45) is 0 Å². The SMILES string of the molecule is CCOC(=O)c1c(C)[nH]c(-c2ccccc2)c1C=O. The minimum Gasteiger partial charge on any atom is -0.462 e. The van der Waals surface area contributed by atoms with E-state index >= 15 is 0 Å².